The SMILES string of the molecule is C=CC1=C(/C=C\N(C)CC)CC(C(C)C)C1. The lowest BCUT2D eigenvalue weighted by molar-refractivity contribution is 0.403. The molecule has 0 saturated carbocycles. The van der Waals surface area contributed by atoms with E-state index in [0.717, 1.165) is 18.4 Å². The van der Waals surface area contributed by atoms with Crippen LogP contribution in [0.3, 0.4) is 0 Å². The molecule has 90 valence electrons. The first-order valence-electron chi connectivity index (χ1n) is 6.31. The average Bonchev–Trinajstić information content (AvgIpc) is 2.69. The van der Waals surface area contributed by atoms with Crippen LogP contribution in [0.25, 0.3) is 0 Å². The molecule has 1 aliphatic carbocycles. The maximum absolute atomic E-state index is 3.93. The molecule has 1 unspecified atom stereocenters. The first-order valence-corrected chi connectivity index (χ1v) is 6.31. The molecular weight excluding hydrogens is 194 g/mol. The van der Waals surface area contributed by atoms with E-state index in [1.54, 1.807) is 0 Å². The molecule has 1 rings (SSSR count). The minimum Gasteiger partial charge on any atom is -0.381 e. The molecule has 1 atom stereocenters. The van der Waals surface area contributed by atoms with Crippen LogP contribution in [0.2, 0.25) is 0 Å². The number of allylic oxidation sites excluding steroid dienone is 4. The van der Waals surface area contributed by atoms with Crippen LogP contribution in [0.4, 0.5) is 0 Å². The molecule has 0 aliphatic heterocycles. The Morgan fingerprint density at radius 2 is 2.00 bits per heavy atom. The summed E-state index contributed by atoms with van der Waals surface area (Å²) >= 11 is 0. The van der Waals surface area contributed by atoms with Crippen LogP contribution in [0, 0.1) is 11.8 Å². The zero-order chi connectivity index (χ0) is 12.1. The van der Waals surface area contributed by atoms with Crippen molar-refractivity contribution in [2.24, 2.45) is 11.8 Å². The maximum atomic E-state index is 3.93. The van der Waals surface area contributed by atoms with Gasteiger partial charge in [-0.3, -0.25) is 0 Å². The third-order valence-electron chi connectivity index (χ3n) is 3.59. The van der Waals surface area contributed by atoms with Crippen LogP contribution >= 0.6 is 0 Å². The van der Waals surface area contributed by atoms with Gasteiger partial charge in [0, 0.05) is 13.6 Å². The molecule has 0 bridgehead atoms. The Balaban J connectivity index is 2.70. The highest BCUT2D eigenvalue weighted by atomic mass is 15.1. The molecule has 0 fully saturated rings. The fourth-order valence-electron chi connectivity index (χ4n) is 2.08. The highest BCUT2D eigenvalue weighted by Gasteiger charge is 2.23. The molecule has 0 heterocycles. The van der Waals surface area contributed by atoms with Gasteiger partial charge in [0.15, 0.2) is 0 Å². The van der Waals surface area contributed by atoms with Crippen molar-refractivity contribution in [3.8, 4) is 0 Å². The van der Waals surface area contributed by atoms with Crippen molar-refractivity contribution in [1.29, 1.82) is 0 Å². The van der Waals surface area contributed by atoms with Crippen molar-refractivity contribution in [1.82, 2.24) is 4.90 Å². The highest BCUT2D eigenvalue weighted by Crippen LogP contribution is 2.37. The lowest BCUT2D eigenvalue weighted by Crippen LogP contribution is -2.08. The predicted octanol–water partition coefficient (Wildman–Crippen LogP) is 4.00. The van der Waals surface area contributed by atoms with E-state index in [4.69, 9.17) is 0 Å². The highest BCUT2D eigenvalue weighted by molar-refractivity contribution is 5.36. The summed E-state index contributed by atoms with van der Waals surface area (Å²) in [5, 5.41) is 0. The van der Waals surface area contributed by atoms with Gasteiger partial charge in [-0.1, -0.05) is 26.5 Å². The van der Waals surface area contributed by atoms with Crippen LogP contribution in [0.15, 0.2) is 36.1 Å². The number of nitrogens with zero attached hydrogens (tertiary/aromatic N) is 1. The second kappa shape index (κ2) is 5.93. The Bertz CT molecular complexity index is 297. The van der Waals surface area contributed by atoms with E-state index in [0.29, 0.717) is 0 Å². The molecule has 16 heavy (non-hydrogen) atoms. The summed E-state index contributed by atoms with van der Waals surface area (Å²) in [6.45, 7) is 11.8. The summed E-state index contributed by atoms with van der Waals surface area (Å²) in [5.74, 6) is 1.57. The lowest BCUT2D eigenvalue weighted by atomic mass is 9.92. The molecule has 0 aromatic heterocycles. The first-order chi connectivity index (χ1) is 7.58. The van der Waals surface area contributed by atoms with Gasteiger partial charge < -0.3 is 4.90 Å². The quantitative estimate of drug-likeness (QED) is 0.675. The van der Waals surface area contributed by atoms with E-state index in [1.165, 1.54) is 24.0 Å². The molecule has 0 radical (unpaired) electrons. The second-order valence-corrected chi connectivity index (χ2v) is 5.06. The number of rotatable bonds is 5. The van der Waals surface area contributed by atoms with Crippen molar-refractivity contribution in [2.75, 3.05) is 13.6 Å². The standard InChI is InChI=1S/C15H25N/c1-6-13-10-15(12(3)4)11-14(13)8-9-16(5)7-2/h6,8-9,12,15H,1,7,10-11H2,2-5H3/b9-8-. The summed E-state index contributed by atoms with van der Waals surface area (Å²) in [5.41, 5.74) is 2.92. The zero-order valence-corrected chi connectivity index (χ0v) is 11.2. The Hall–Kier alpha value is -0.980. The van der Waals surface area contributed by atoms with Gasteiger partial charge in [0.1, 0.15) is 0 Å². The van der Waals surface area contributed by atoms with Crippen LogP contribution in [-0.4, -0.2) is 18.5 Å². The summed E-state index contributed by atoms with van der Waals surface area (Å²) in [6, 6.07) is 0. The summed E-state index contributed by atoms with van der Waals surface area (Å²) in [7, 11) is 2.11. The predicted molar refractivity (Wildman–Crippen MR) is 72.2 cm³/mol. The summed E-state index contributed by atoms with van der Waals surface area (Å²) < 4.78 is 0. The van der Waals surface area contributed by atoms with Gasteiger partial charge in [0.05, 0.1) is 0 Å². The first kappa shape index (κ1) is 13.1. The van der Waals surface area contributed by atoms with Crippen molar-refractivity contribution in [2.45, 2.75) is 33.6 Å². The van der Waals surface area contributed by atoms with Crippen molar-refractivity contribution < 1.29 is 0 Å². The molecule has 0 amide bonds. The molecule has 0 saturated heterocycles. The van der Waals surface area contributed by atoms with E-state index < -0.39 is 0 Å². The molecule has 0 spiro atoms. The van der Waals surface area contributed by atoms with Crippen LogP contribution in [-0.2, 0) is 0 Å². The van der Waals surface area contributed by atoms with Crippen molar-refractivity contribution >= 4 is 0 Å². The minimum absolute atomic E-state index is 0.768. The van der Waals surface area contributed by atoms with Gasteiger partial charge in [-0.15, -0.1) is 0 Å². The Morgan fingerprint density at radius 3 is 2.50 bits per heavy atom. The van der Waals surface area contributed by atoms with E-state index in [9.17, 15) is 0 Å². The third kappa shape index (κ3) is 3.26. The van der Waals surface area contributed by atoms with Crippen molar-refractivity contribution in [3.63, 3.8) is 0 Å². The van der Waals surface area contributed by atoms with Gasteiger partial charge in [-0.05, 0) is 55.0 Å². The van der Waals surface area contributed by atoms with Gasteiger partial charge in [0.2, 0.25) is 0 Å². The van der Waals surface area contributed by atoms with Gasteiger partial charge in [-0.25, -0.2) is 0 Å². The molecule has 1 aliphatic rings. The van der Waals surface area contributed by atoms with Gasteiger partial charge in [0.25, 0.3) is 0 Å². The maximum Gasteiger partial charge on any atom is 0.0140 e. The molecule has 1 nitrogen and oxygen atoms in total. The number of hydrogen-bond donors (Lipinski definition) is 0. The normalized spacial score (nSPS) is 21.2. The van der Waals surface area contributed by atoms with E-state index in [-0.39, 0.29) is 0 Å². The van der Waals surface area contributed by atoms with E-state index in [2.05, 4.69) is 51.6 Å². The van der Waals surface area contributed by atoms with Crippen LogP contribution in [0.1, 0.15) is 33.6 Å². The fraction of sp³-hybridized carbons (Fsp3) is 0.600. The smallest absolute Gasteiger partial charge is 0.0140 e. The molecular formula is C15H25N. The van der Waals surface area contributed by atoms with Crippen molar-refractivity contribution in [3.05, 3.63) is 36.1 Å². The molecule has 1 heteroatoms. The molecule has 0 aromatic rings. The van der Waals surface area contributed by atoms with E-state index >= 15 is 0 Å². The van der Waals surface area contributed by atoms with Gasteiger partial charge >= 0.3 is 0 Å². The lowest BCUT2D eigenvalue weighted by Gasteiger charge is -2.13. The Labute approximate surface area is 101 Å². The van der Waals surface area contributed by atoms with E-state index in [1.807, 2.05) is 6.08 Å². The zero-order valence-electron chi connectivity index (χ0n) is 11.2. The summed E-state index contributed by atoms with van der Waals surface area (Å²) in [6.07, 6.45) is 8.90. The minimum atomic E-state index is 0.768. The number of hydrogen-bond acceptors (Lipinski definition) is 1. The molecule has 0 N–H and O–H groups in total. The largest absolute Gasteiger partial charge is 0.381 e. The second-order valence-electron chi connectivity index (χ2n) is 5.06. The topological polar surface area (TPSA) is 3.24 Å². The summed E-state index contributed by atoms with van der Waals surface area (Å²) in [4.78, 5) is 2.20. The van der Waals surface area contributed by atoms with Gasteiger partial charge in [-0.2, -0.15) is 0 Å². The molecule has 0 aromatic carbocycles. The Morgan fingerprint density at radius 1 is 1.38 bits per heavy atom. The fourth-order valence-corrected chi connectivity index (χ4v) is 2.08. The monoisotopic (exact) mass is 219 g/mol. The third-order valence-corrected chi connectivity index (χ3v) is 3.59. The van der Waals surface area contributed by atoms with Crippen LogP contribution in [0.5, 0.6) is 0 Å². The average molecular weight is 219 g/mol. The van der Waals surface area contributed by atoms with Crippen LogP contribution < -0.4 is 0 Å². The Kier molecular flexibility index (Phi) is 4.85.